The highest BCUT2D eigenvalue weighted by Gasteiger charge is 2.39. The van der Waals surface area contributed by atoms with Gasteiger partial charge in [0.05, 0.1) is 5.02 Å². The molecule has 0 unspecified atom stereocenters. The Hall–Kier alpha value is -2.11. The number of amides is 1. The summed E-state index contributed by atoms with van der Waals surface area (Å²) in [5, 5.41) is 2.16. The van der Waals surface area contributed by atoms with Gasteiger partial charge in [-0.25, -0.2) is 12.8 Å². The third-order valence-electron chi connectivity index (χ3n) is 3.52. The van der Waals surface area contributed by atoms with E-state index in [1.165, 1.54) is 17.8 Å². The number of aromatic nitrogens is 1. The second-order valence-electron chi connectivity index (χ2n) is 5.64. The average Bonchev–Trinajstić information content (AvgIpc) is 2.92. The van der Waals surface area contributed by atoms with Gasteiger partial charge in [0, 0.05) is 18.9 Å². The Morgan fingerprint density at radius 3 is 2.44 bits per heavy atom. The molecule has 0 saturated carbocycles. The molecule has 0 aliphatic carbocycles. The van der Waals surface area contributed by atoms with E-state index in [4.69, 9.17) is 11.6 Å². The van der Waals surface area contributed by atoms with Gasteiger partial charge in [-0.1, -0.05) is 11.6 Å². The number of benzene rings is 1. The van der Waals surface area contributed by atoms with Crippen LogP contribution in [0, 0.1) is 5.82 Å². The van der Waals surface area contributed by atoms with E-state index in [1.807, 2.05) is 0 Å². The normalized spacial score (nSPS) is 13.4. The van der Waals surface area contributed by atoms with Gasteiger partial charge in [0.1, 0.15) is 22.4 Å². The van der Waals surface area contributed by atoms with Crippen LogP contribution in [0.15, 0.2) is 35.4 Å². The monoisotopic (exact) mass is 427 g/mol. The van der Waals surface area contributed by atoms with Gasteiger partial charge in [-0.15, -0.1) is 0 Å². The SMILES string of the molecule is C[C@@H](NS(=O)(=O)c1cc(C(=O)Nc2ccc(F)c(Cl)c2)n(C)c1)C(F)(F)F. The lowest BCUT2D eigenvalue weighted by Crippen LogP contribution is -2.42. The lowest BCUT2D eigenvalue weighted by Gasteiger charge is -2.16. The van der Waals surface area contributed by atoms with Gasteiger partial charge >= 0.3 is 6.18 Å². The van der Waals surface area contributed by atoms with Crippen LogP contribution in [-0.2, 0) is 17.1 Å². The van der Waals surface area contributed by atoms with Gasteiger partial charge in [-0.2, -0.15) is 17.9 Å². The van der Waals surface area contributed by atoms with E-state index in [-0.39, 0.29) is 16.4 Å². The molecule has 6 nitrogen and oxygen atoms in total. The van der Waals surface area contributed by atoms with Gasteiger partial charge in [0.2, 0.25) is 10.0 Å². The van der Waals surface area contributed by atoms with E-state index in [0.29, 0.717) is 6.92 Å². The number of carbonyl (C=O) groups is 1. The number of rotatable bonds is 5. The highest BCUT2D eigenvalue weighted by molar-refractivity contribution is 7.89. The number of halogens is 5. The average molecular weight is 428 g/mol. The van der Waals surface area contributed by atoms with Gasteiger partial charge in [0.15, 0.2) is 0 Å². The Labute approximate surface area is 157 Å². The fourth-order valence-corrected chi connectivity index (χ4v) is 3.52. The van der Waals surface area contributed by atoms with Crippen molar-refractivity contribution in [3.05, 3.63) is 47.0 Å². The predicted molar refractivity (Wildman–Crippen MR) is 90.6 cm³/mol. The van der Waals surface area contributed by atoms with Crippen molar-refractivity contribution < 1.29 is 30.8 Å². The van der Waals surface area contributed by atoms with Crippen molar-refractivity contribution in [1.29, 1.82) is 0 Å². The van der Waals surface area contributed by atoms with E-state index < -0.39 is 38.9 Å². The second kappa shape index (κ2) is 7.49. The molecule has 0 saturated heterocycles. The maximum Gasteiger partial charge on any atom is 0.404 e. The largest absolute Gasteiger partial charge is 0.404 e. The standard InChI is InChI=1S/C15H14ClF4N3O3S/c1-8(15(18,19)20)22-27(25,26)10-6-13(23(2)7-10)14(24)21-9-3-4-12(17)11(16)5-9/h3-8,22H,1-2H3,(H,21,24)/t8-/m1/s1. The van der Waals surface area contributed by atoms with E-state index in [2.05, 4.69) is 5.32 Å². The highest BCUT2D eigenvalue weighted by Crippen LogP contribution is 2.23. The van der Waals surface area contributed by atoms with Gasteiger partial charge < -0.3 is 9.88 Å². The van der Waals surface area contributed by atoms with Crippen LogP contribution in [0.2, 0.25) is 5.02 Å². The van der Waals surface area contributed by atoms with Crippen LogP contribution in [-0.4, -0.2) is 31.1 Å². The summed E-state index contributed by atoms with van der Waals surface area (Å²) in [4.78, 5) is 11.8. The van der Waals surface area contributed by atoms with E-state index in [1.54, 1.807) is 0 Å². The minimum absolute atomic E-state index is 0.143. The summed E-state index contributed by atoms with van der Waals surface area (Å²) in [5.74, 6) is -1.45. The van der Waals surface area contributed by atoms with Crippen molar-refractivity contribution in [2.75, 3.05) is 5.32 Å². The number of anilines is 1. The smallest absolute Gasteiger partial charge is 0.345 e. The van der Waals surface area contributed by atoms with Crippen LogP contribution in [0.25, 0.3) is 0 Å². The molecule has 27 heavy (non-hydrogen) atoms. The third-order valence-corrected chi connectivity index (χ3v) is 5.32. The van der Waals surface area contributed by atoms with Crippen LogP contribution in [0.5, 0.6) is 0 Å². The number of sulfonamides is 1. The molecule has 1 amide bonds. The molecule has 148 valence electrons. The molecule has 12 heteroatoms. The molecule has 0 aliphatic rings. The molecule has 1 aromatic heterocycles. The number of carbonyl (C=O) groups excluding carboxylic acids is 1. The Kier molecular flexibility index (Phi) is 5.88. The minimum atomic E-state index is -4.76. The summed E-state index contributed by atoms with van der Waals surface area (Å²) in [5.41, 5.74) is 0.0105. The molecule has 1 heterocycles. The van der Waals surface area contributed by atoms with Crippen molar-refractivity contribution in [3.63, 3.8) is 0 Å². The van der Waals surface area contributed by atoms with Crippen molar-refractivity contribution in [1.82, 2.24) is 9.29 Å². The molecular weight excluding hydrogens is 414 g/mol. The maximum absolute atomic E-state index is 13.1. The molecule has 0 bridgehead atoms. The first-order chi connectivity index (χ1) is 12.3. The molecule has 2 N–H and O–H groups in total. The Bertz CT molecular complexity index is 973. The molecule has 2 rings (SSSR count). The van der Waals surface area contributed by atoms with Crippen molar-refractivity contribution in [2.45, 2.75) is 24.0 Å². The third kappa shape index (κ3) is 4.99. The van der Waals surface area contributed by atoms with Crippen LogP contribution in [0.1, 0.15) is 17.4 Å². The molecule has 2 aromatic rings. The Morgan fingerprint density at radius 1 is 1.26 bits per heavy atom. The number of aryl methyl sites for hydroxylation is 1. The van der Waals surface area contributed by atoms with E-state index in [9.17, 15) is 30.8 Å². The van der Waals surface area contributed by atoms with Crippen molar-refractivity contribution in [3.8, 4) is 0 Å². The maximum atomic E-state index is 13.1. The number of hydrogen-bond acceptors (Lipinski definition) is 3. The first kappa shape index (κ1) is 21.2. The first-order valence-corrected chi connectivity index (χ1v) is 9.19. The zero-order valence-electron chi connectivity index (χ0n) is 13.9. The van der Waals surface area contributed by atoms with E-state index >= 15 is 0 Å². The van der Waals surface area contributed by atoms with Gasteiger partial charge in [-0.3, -0.25) is 4.79 Å². The van der Waals surface area contributed by atoms with Crippen LogP contribution >= 0.6 is 11.6 Å². The summed E-state index contributed by atoms with van der Waals surface area (Å²) in [6.45, 7) is 0.659. The quantitative estimate of drug-likeness (QED) is 0.718. The van der Waals surface area contributed by atoms with Gasteiger partial charge in [-0.05, 0) is 31.2 Å². The van der Waals surface area contributed by atoms with Crippen LogP contribution < -0.4 is 10.0 Å². The molecule has 0 spiro atoms. The summed E-state index contributed by atoms with van der Waals surface area (Å²) < 4.78 is 77.7. The summed E-state index contributed by atoms with van der Waals surface area (Å²) >= 11 is 5.61. The molecule has 0 fully saturated rings. The lowest BCUT2D eigenvalue weighted by atomic mass is 10.3. The predicted octanol–water partition coefficient (Wildman–Crippen LogP) is 3.30. The van der Waals surface area contributed by atoms with Crippen molar-refractivity contribution >= 4 is 33.2 Å². The number of hydrogen-bond donors (Lipinski definition) is 2. The van der Waals surface area contributed by atoms with Crippen molar-refractivity contribution in [2.24, 2.45) is 7.05 Å². The molecule has 0 aliphatic heterocycles. The topological polar surface area (TPSA) is 80.2 Å². The van der Waals surface area contributed by atoms with E-state index in [0.717, 1.165) is 29.0 Å². The van der Waals surface area contributed by atoms with Gasteiger partial charge in [0.25, 0.3) is 5.91 Å². The molecule has 1 aromatic carbocycles. The first-order valence-electron chi connectivity index (χ1n) is 7.33. The summed E-state index contributed by atoms with van der Waals surface area (Å²) in [6, 6.07) is 2.04. The van der Waals surface area contributed by atoms with Crippen LogP contribution in [0.3, 0.4) is 0 Å². The minimum Gasteiger partial charge on any atom is -0.345 e. The zero-order chi connectivity index (χ0) is 20.6. The second-order valence-corrected chi connectivity index (χ2v) is 7.76. The fraction of sp³-hybridized carbons (Fsp3) is 0.267. The highest BCUT2D eigenvalue weighted by atomic mass is 35.5. The number of alkyl halides is 3. The Balaban J connectivity index is 2.24. The number of nitrogens with one attached hydrogen (secondary N) is 2. The number of nitrogens with zero attached hydrogens (tertiary/aromatic N) is 1. The molecular formula is C15H14ClF4N3O3S. The summed E-state index contributed by atoms with van der Waals surface area (Å²) in [7, 11) is -3.16. The fourth-order valence-electron chi connectivity index (χ4n) is 2.04. The summed E-state index contributed by atoms with van der Waals surface area (Å²) in [6.07, 6.45) is -3.76. The molecule has 1 atom stereocenters. The Morgan fingerprint density at radius 2 is 1.89 bits per heavy atom. The molecule has 0 radical (unpaired) electrons. The van der Waals surface area contributed by atoms with Crippen LogP contribution in [0.4, 0.5) is 23.2 Å². The zero-order valence-corrected chi connectivity index (χ0v) is 15.5. The lowest BCUT2D eigenvalue weighted by molar-refractivity contribution is -0.147.